The summed E-state index contributed by atoms with van der Waals surface area (Å²) in [6.07, 6.45) is 0.561. The van der Waals surface area contributed by atoms with Crippen LogP contribution in [-0.2, 0) is 11.2 Å². The second-order valence-electron chi connectivity index (χ2n) is 4.59. The fourth-order valence-corrected chi connectivity index (χ4v) is 3.12. The van der Waals surface area contributed by atoms with Crippen LogP contribution in [0.2, 0.25) is 0 Å². The molecule has 0 unspecified atom stereocenters. The number of thiophene rings is 1. The third-order valence-corrected chi connectivity index (χ3v) is 4.06. The fraction of sp³-hybridized carbons (Fsp3) is 0.200. The van der Waals surface area contributed by atoms with Gasteiger partial charge in [0, 0.05) is 24.5 Å². The van der Waals surface area contributed by atoms with Crippen LogP contribution in [0.3, 0.4) is 0 Å². The van der Waals surface area contributed by atoms with Gasteiger partial charge in [0.05, 0.1) is 12.0 Å². The van der Waals surface area contributed by atoms with Crippen LogP contribution in [0.15, 0.2) is 34.4 Å². The number of hydrogen-bond acceptors (Lipinski definition) is 4. The summed E-state index contributed by atoms with van der Waals surface area (Å²) in [7, 11) is 1.61. The predicted molar refractivity (Wildman–Crippen MR) is 81.2 cm³/mol. The first-order valence-electron chi connectivity index (χ1n) is 6.44. The van der Waals surface area contributed by atoms with E-state index in [1.165, 1.54) is 23.5 Å². The van der Waals surface area contributed by atoms with E-state index in [9.17, 15) is 9.18 Å². The molecular weight excluding hydrogens is 291 g/mol. The maximum Gasteiger partial charge on any atom is 0.260 e. The average molecular weight is 304 g/mol. The lowest BCUT2D eigenvalue weighted by Gasteiger charge is -2.02. The van der Waals surface area contributed by atoms with E-state index >= 15 is 0 Å². The minimum Gasteiger partial charge on any atom is -0.384 e. The lowest BCUT2D eigenvalue weighted by molar-refractivity contribution is 0.200. The van der Waals surface area contributed by atoms with E-state index < -0.39 is 0 Å². The Morgan fingerprint density at radius 2 is 2.10 bits per heavy atom. The maximum atomic E-state index is 13.0. The van der Waals surface area contributed by atoms with Crippen LogP contribution >= 0.6 is 11.3 Å². The molecule has 0 radical (unpaired) electrons. The number of halogens is 1. The van der Waals surface area contributed by atoms with Crippen molar-refractivity contribution in [3.8, 4) is 11.1 Å². The van der Waals surface area contributed by atoms with Gasteiger partial charge in [0.15, 0.2) is 0 Å². The van der Waals surface area contributed by atoms with Gasteiger partial charge in [-0.25, -0.2) is 9.37 Å². The molecule has 0 aliphatic rings. The number of ether oxygens (including phenoxy) is 1. The number of hydrogen-bond donors (Lipinski definition) is 1. The number of H-pyrrole nitrogens is 1. The SMILES string of the molecule is COCCc1nc2scc(-c3ccc(F)cc3)c2c(=O)[nH]1. The van der Waals surface area contributed by atoms with Crippen LogP contribution in [0.5, 0.6) is 0 Å². The Balaban J connectivity index is 2.10. The number of rotatable bonds is 4. The zero-order chi connectivity index (χ0) is 14.8. The lowest BCUT2D eigenvalue weighted by atomic mass is 10.1. The summed E-state index contributed by atoms with van der Waals surface area (Å²) in [6.45, 7) is 0.505. The molecule has 108 valence electrons. The van der Waals surface area contributed by atoms with E-state index in [0.29, 0.717) is 29.1 Å². The molecule has 4 nitrogen and oxygen atoms in total. The van der Waals surface area contributed by atoms with Gasteiger partial charge in [0.2, 0.25) is 0 Å². The van der Waals surface area contributed by atoms with Gasteiger partial charge >= 0.3 is 0 Å². The number of aromatic nitrogens is 2. The Labute approximate surface area is 124 Å². The Morgan fingerprint density at radius 3 is 2.81 bits per heavy atom. The zero-order valence-electron chi connectivity index (χ0n) is 11.4. The van der Waals surface area contributed by atoms with E-state index in [2.05, 4.69) is 9.97 Å². The number of fused-ring (bicyclic) bond motifs is 1. The van der Waals surface area contributed by atoms with Gasteiger partial charge in [-0.3, -0.25) is 4.79 Å². The van der Waals surface area contributed by atoms with E-state index in [1.807, 2.05) is 5.38 Å². The first kappa shape index (κ1) is 13.9. The highest BCUT2D eigenvalue weighted by Crippen LogP contribution is 2.30. The van der Waals surface area contributed by atoms with Gasteiger partial charge in [-0.2, -0.15) is 0 Å². The number of benzene rings is 1. The molecule has 0 saturated heterocycles. The topological polar surface area (TPSA) is 55.0 Å². The molecule has 1 N–H and O–H groups in total. The number of aromatic amines is 1. The molecule has 0 fully saturated rings. The summed E-state index contributed by atoms with van der Waals surface area (Å²) < 4.78 is 18.0. The molecule has 3 rings (SSSR count). The van der Waals surface area contributed by atoms with Crippen LogP contribution in [0.4, 0.5) is 4.39 Å². The van der Waals surface area contributed by atoms with Crippen molar-refractivity contribution in [2.45, 2.75) is 6.42 Å². The minimum absolute atomic E-state index is 0.174. The van der Waals surface area contributed by atoms with Crippen molar-refractivity contribution in [1.82, 2.24) is 9.97 Å². The highest BCUT2D eigenvalue weighted by Gasteiger charge is 2.12. The van der Waals surface area contributed by atoms with Gasteiger partial charge in [-0.05, 0) is 17.7 Å². The summed E-state index contributed by atoms with van der Waals surface area (Å²) in [4.78, 5) is 20.2. The molecule has 0 saturated carbocycles. The van der Waals surface area contributed by atoms with E-state index in [0.717, 1.165) is 11.1 Å². The van der Waals surface area contributed by atoms with Crippen LogP contribution in [0, 0.1) is 5.82 Å². The second kappa shape index (κ2) is 5.75. The molecule has 1 aromatic carbocycles. The van der Waals surface area contributed by atoms with Crippen molar-refractivity contribution in [1.29, 1.82) is 0 Å². The first-order chi connectivity index (χ1) is 10.2. The molecule has 0 spiro atoms. The summed E-state index contributed by atoms with van der Waals surface area (Å²) in [6, 6.07) is 6.09. The van der Waals surface area contributed by atoms with Gasteiger partial charge in [-0.1, -0.05) is 12.1 Å². The molecule has 0 bridgehead atoms. The Morgan fingerprint density at radius 1 is 1.33 bits per heavy atom. The third-order valence-electron chi connectivity index (χ3n) is 3.19. The predicted octanol–water partition coefficient (Wildman–Crippen LogP) is 2.98. The number of nitrogens with zero attached hydrogens (tertiary/aromatic N) is 1. The quantitative estimate of drug-likeness (QED) is 0.806. The van der Waals surface area contributed by atoms with E-state index in [1.54, 1.807) is 19.2 Å². The second-order valence-corrected chi connectivity index (χ2v) is 5.45. The maximum absolute atomic E-state index is 13.0. The normalized spacial score (nSPS) is 11.1. The monoisotopic (exact) mass is 304 g/mol. The van der Waals surface area contributed by atoms with Gasteiger partial charge < -0.3 is 9.72 Å². The molecular formula is C15H13FN2O2S. The van der Waals surface area contributed by atoms with Crippen molar-refractivity contribution >= 4 is 21.6 Å². The fourth-order valence-electron chi connectivity index (χ4n) is 2.15. The summed E-state index contributed by atoms with van der Waals surface area (Å²) in [5.41, 5.74) is 1.41. The van der Waals surface area contributed by atoms with Crippen molar-refractivity contribution in [3.63, 3.8) is 0 Å². The van der Waals surface area contributed by atoms with Crippen LogP contribution in [0.25, 0.3) is 21.3 Å². The van der Waals surface area contributed by atoms with Gasteiger partial charge in [0.1, 0.15) is 16.5 Å². The van der Waals surface area contributed by atoms with Gasteiger partial charge in [0.25, 0.3) is 5.56 Å². The minimum atomic E-state index is -0.299. The standard InChI is InChI=1S/C15H13FN2O2S/c1-20-7-6-12-17-14(19)13-11(8-21-15(13)18-12)9-2-4-10(16)5-3-9/h2-5,8H,6-7H2,1H3,(H,17,18,19). The lowest BCUT2D eigenvalue weighted by Crippen LogP contribution is -2.12. The molecule has 0 amide bonds. The van der Waals surface area contributed by atoms with Crippen molar-refractivity contribution in [2.24, 2.45) is 0 Å². The summed E-state index contributed by atoms with van der Waals surface area (Å²) >= 11 is 1.41. The largest absolute Gasteiger partial charge is 0.384 e. The van der Waals surface area contributed by atoms with Crippen LogP contribution < -0.4 is 5.56 Å². The Hall–Kier alpha value is -2.05. The highest BCUT2D eigenvalue weighted by molar-refractivity contribution is 7.17. The third kappa shape index (κ3) is 2.72. The molecule has 21 heavy (non-hydrogen) atoms. The Kier molecular flexibility index (Phi) is 3.81. The zero-order valence-corrected chi connectivity index (χ0v) is 12.2. The smallest absolute Gasteiger partial charge is 0.260 e. The van der Waals surface area contributed by atoms with Crippen molar-refractivity contribution in [3.05, 3.63) is 51.6 Å². The Bertz CT molecular complexity index is 824. The van der Waals surface area contributed by atoms with Crippen molar-refractivity contribution < 1.29 is 9.13 Å². The molecule has 0 atom stereocenters. The number of methoxy groups -OCH3 is 1. The van der Waals surface area contributed by atoms with E-state index in [4.69, 9.17) is 4.74 Å². The van der Waals surface area contributed by atoms with Crippen molar-refractivity contribution in [2.75, 3.05) is 13.7 Å². The molecule has 3 aromatic rings. The summed E-state index contributed by atoms with van der Waals surface area (Å²) in [5, 5.41) is 2.42. The molecule has 0 aliphatic heterocycles. The highest BCUT2D eigenvalue weighted by atomic mass is 32.1. The summed E-state index contributed by atoms with van der Waals surface area (Å²) in [5.74, 6) is 0.314. The molecule has 6 heteroatoms. The number of nitrogens with one attached hydrogen (secondary N) is 1. The van der Waals surface area contributed by atoms with Crippen LogP contribution in [0.1, 0.15) is 5.82 Å². The van der Waals surface area contributed by atoms with E-state index in [-0.39, 0.29) is 11.4 Å². The molecule has 0 aliphatic carbocycles. The molecule has 2 aromatic heterocycles. The van der Waals surface area contributed by atoms with Crippen LogP contribution in [-0.4, -0.2) is 23.7 Å². The molecule has 2 heterocycles. The first-order valence-corrected chi connectivity index (χ1v) is 7.32. The average Bonchev–Trinajstić information content (AvgIpc) is 2.90. The van der Waals surface area contributed by atoms with Gasteiger partial charge in [-0.15, -0.1) is 11.3 Å².